The lowest BCUT2D eigenvalue weighted by Gasteiger charge is -2.34. The molecule has 0 radical (unpaired) electrons. The number of benzene rings is 1. The van der Waals surface area contributed by atoms with E-state index in [1.807, 2.05) is 24.3 Å². The number of aliphatic hydroxyl groups is 1. The van der Waals surface area contributed by atoms with Crippen LogP contribution < -0.4 is 5.73 Å². The molecule has 3 atom stereocenters. The third-order valence-corrected chi connectivity index (χ3v) is 4.20. The molecule has 1 aliphatic carbocycles. The summed E-state index contributed by atoms with van der Waals surface area (Å²) in [6, 6.07) is 7.84. The molecule has 0 heterocycles. The van der Waals surface area contributed by atoms with Crippen LogP contribution in [0.15, 0.2) is 24.3 Å². The molecular weight excluding hydrogens is 234 g/mol. The maximum absolute atomic E-state index is 10.1. The second kappa shape index (κ2) is 5.85. The fraction of sp³-hybridized carbons (Fsp3) is 0.571. The Bertz CT molecular complexity index is 369. The highest BCUT2D eigenvalue weighted by atomic mass is 35.5. The van der Waals surface area contributed by atoms with Crippen LogP contribution in [0, 0.1) is 5.92 Å². The van der Waals surface area contributed by atoms with Crippen molar-refractivity contribution >= 4 is 11.6 Å². The molecule has 1 unspecified atom stereocenters. The Hall–Kier alpha value is -0.570. The van der Waals surface area contributed by atoms with Gasteiger partial charge in [-0.1, -0.05) is 42.6 Å². The molecule has 2 nitrogen and oxygen atoms in total. The van der Waals surface area contributed by atoms with Crippen LogP contribution in [0.2, 0.25) is 5.02 Å². The number of nitrogens with two attached hydrogens (primary N) is 1. The van der Waals surface area contributed by atoms with E-state index in [-0.39, 0.29) is 17.9 Å². The van der Waals surface area contributed by atoms with E-state index in [9.17, 15) is 5.11 Å². The minimum absolute atomic E-state index is 0.180. The summed E-state index contributed by atoms with van der Waals surface area (Å²) in [6.45, 7) is 0.547. The van der Waals surface area contributed by atoms with E-state index in [0.717, 1.165) is 29.8 Å². The summed E-state index contributed by atoms with van der Waals surface area (Å²) < 4.78 is 0. The van der Waals surface area contributed by atoms with Gasteiger partial charge in [0.2, 0.25) is 0 Å². The van der Waals surface area contributed by atoms with E-state index >= 15 is 0 Å². The first-order valence-corrected chi connectivity index (χ1v) is 6.74. The molecule has 2 rings (SSSR count). The molecule has 94 valence electrons. The maximum Gasteiger partial charge on any atom is 0.0574 e. The van der Waals surface area contributed by atoms with E-state index in [4.69, 9.17) is 17.3 Å². The first kappa shape index (κ1) is 12.9. The van der Waals surface area contributed by atoms with E-state index in [2.05, 4.69) is 0 Å². The minimum Gasteiger partial charge on any atom is -0.393 e. The average Bonchev–Trinajstić information content (AvgIpc) is 2.34. The van der Waals surface area contributed by atoms with Gasteiger partial charge in [-0.15, -0.1) is 0 Å². The van der Waals surface area contributed by atoms with Gasteiger partial charge in [-0.05, 0) is 36.9 Å². The normalized spacial score (nSPS) is 26.8. The molecule has 0 bridgehead atoms. The first-order chi connectivity index (χ1) is 8.24. The molecular formula is C14H20ClNO. The molecule has 1 aromatic carbocycles. The average molecular weight is 254 g/mol. The predicted octanol–water partition coefficient (Wildman–Crippen LogP) is 2.93. The van der Waals surface area contributed by atoms with Gasteiger partial charge in [0, 0.05) is 10.9 Å². The third-order valence-electron chi connectivity index (χ3n) is 3.86. The molecule has 0 saturated heterocycles. The lowest BCUT2D eigenvalue weighted by Crippen LogP contribution is -2.33. The Labute approximate surface area is 108 Å². The zero-order chi connectivity index (χ0) is 12.3. The molecule has 0 amide bonds. The van der Waals surface area contributed by atoms with Crippen LogP contribution in [0.3, 0.4) is 0 Å². The second-order valence-corrected chi connectivity index (χ2v) is 5.29. The third kappa shape index (κ3) is 2.82. The monoisotopic (exact) mass is 253 g/mol. The predicted molar refractivity (Wildman–Crippen MR) is 71.2 cm³/mol. The summed E-state index contributed by atoms with van der Waals surface area (Å²) in [7, 11) is 0. The molecule has 1 aliphatic rings. The van der Waals surface area contributed by atoms with Gasteiger partial charge in [-0.3, -0.25) is 0 Å². The molecule has 0 spiro atoms. The van der Waals surface area contributed by atoms with Crippen molar-refractivity contribution in [3.63, 3.8) is 0 Å². The van der Waals surface area contributed by atoms with Crippen molar-refractivity contribution in [1.82, 2.24) is 0 Å². The highest BCUT2D eigenvalue weighted by Crippen LogP contribution is 2.38. The van der Waals surface area contributed by atoms with Crippen molar-refractivity contribution in [3.8, 4) is 0 Å². The van der Waals surface area contributed by atoms with Crippen LogP contribution in [0.5, 0.6) is 0 Å². The summed E-state index contributed by atoms with van der Waals surface area (Å²) in [5, 5.41) is 10.9. The fourth-order valence-corrected chi connectivity index (χ4v) is 3.19. The van der Waals surface area contributed by atoms with Gasteiger partial charge in [-0.2, -0.15) is 0 Å². The number of hydrogen-bond donors (Lipinski definition) is 2. The highest BCUT2D eigenvalue weighted by Gasteiger charge is 2.31. The summed E-state index contributed by atoms with van der Waals surface area (Å²) in [4.78, 5) is 0. The quantitative estimate of drug-likeness (QED) is 0.870. The van der Waals surface area contributed by atoms with Gasteiger partial charge in [0.1, 0.15) is 0 Å². The van der Waals surface area contributed by atoms with Gasteiger partial charge < -0.3 is 10.8 Å². The van der Waals surface area contributed by atoms with E-state index in [1.54, 1.807) is 0 Å². The SMILES string of the molecule is NCC(c1ccccc1Cl)[C@@H]1CCCC[C@@H]1O. The van der Waals surface area contributed by atoms with Crippen LogP contribution in [0.1, 0.15) is 37.2 Å². The van der Waals surface area contributed by atoms with Crippen LogP contribution >= 0.6 is 11.6 Å². The fourth-order valence-electron chi connectivity index (χ4n) is 2.92. The van der Waals surface area contributed by atoms with Gasteiger partial charge in [-0.25, -0.2) is 0 Å². The number of hydrogen-bond acceptors (Lipinski definition) is 2. The Morgan fingerprint density at radius 1 is 1.29 bits per heavy atom. The van der Waals surface area contributed by atoms with Crippen LogP contribution in [-0.4, -0.2) is 17.8 Å². The number of rotatable bonds is 3. The van der Waals surface area contributed by atoms with Crippen molar-refractivity contribution in [3.05, 3.63) is 34.9 Å². The van der Waals surface area contributed by atoms with Crippen molar-refractivity contribution in [1.29, 1.82) is 0 Å². The zero-order valence-electron chi connectivity index (χ0n) is 9.98. The first-order valence-electron chi connectivity index (χ1n) is 6.36. The van der Waals surface area contributed by atoms with Gasteiger partial charge in [0.25, 0.3) is 0 Å². The summed E-state index contributed by atoms with van der Waals surface area (Å²) in [5.74, 6) is 0.438. The molecule has 3 heteroatoms. The molecule has 0 aliphatic heterocycles. The van der Waals surface area contributed by atoms with Crippen molar-refractivity contribution in [2.45, 2.75) is 37.7 Å². The second-order valence-electron chi connectivity index (χ2n) is 4.88. The summed E-state index contributed by atoms with van der Waals surface area (Å²) in [6.07, 6.45) is 4.02. The van der Waals surface area contributed by atoms with Crippen LogP contribution in [0.4, 0.5) is 0 Å². The lowest BCUT2D eigenvalue weighted by atomic mass is 9.75. The molecule has 17 heavy (non-hydrogen) atoms. The van der Waals surface area contributed by atoms with Crippen molar-refractivity contribution in [2.24, 2.45) is 11.7 Å². The molecule has 1 saturated carbocycles. The number of halogens is 1. The molecule has 0 aromatic heterocycles. The lowest BCUT2D eigenvalue weighted by molar-refractivity contribution is 0.0561. The zero-order valence-corrected chi connectivity index (χ0v) is 10.7. The largest absolute Gasteiger partial charge is 0.393 e. The van der Waals surface area contributed by atoms with E-state index in [0.29, 0.717) is 6.54 Å². The Morgan fingerprint density at radius 3 is 2.65 bits per heavy atom. The topological polar surface area (TPSA) is 46.2 Å². The van der Waals surface area contributed by atoms with Crippen LogP contribution in [-0.2, 0) is 0 Å². The van der Waals surface area contributed by atoms with Gasteiger partial charge in [0.05, 0.1) is 6.10 Å². The summed E-state index contributed by atoms with van der Waals surface area (Å²) >= 11 is 6.23. The minimum atomic E-state index is -0.228. The van der Waals surface area contributed by atoms with E-state index in [1.165, 1.54) is 6.42 Å². The maximum atomic E-state index is 10.1. The number of aliphatic hydroxyl groups excluding tert-OH is 1. The molecule has 1 aromatic rings. The highest BCUT2D eigenvalue weighted by molar-refractivity contribution is 6.31. The van der Waals surface area contributed by atoms with Crippen molar-refractivity contribution in [2.75, 3.05) is 6.54 Å². The Balaban J connectivity index is 2.23. The van der Waals surface area contributed by atoms with Gasteiger partial charge in [0.15, 0.2) is 0 Å². The van der Waals surface area contributed by atoms with Crippen molar-refractivity contribution < 1.29 is 5.11 Å². The Morgan fingerprint density at radius 2 is 2.00 bits per heavy atom. The molecule has 1 fully saturated rings. The van der Waals surface area contributed by atoms with Crippen LogP contribution in [0.25, 0.3) is 0 Å². The Kier molecular flexibility index (Phi) is 4.43. The van der Waals surface area contributed by atoms with E-state index < -0.39 is 0 Å². The van der Waals surface area contributed by atoms with Gasteiger partial charge >= 0.3 is 0 Å². The standard InChI is InChI=1S/C14H20ClNO/c15-13-7-3-1-5-10(13)12(9-16)11-6-2-4-8-14(11)17/h1,3,5,7,11-12,14,17H,2,4,6,8-9,16H2/t11-,12?,14-/m0/s1. The molecule has 3 N–H and O–H groups in total. The smallest absolute Gasteiger partial charge is 0.0574 e. The summed E-state index contributed by atoms with van der Waals surface area (Å²) in [5.41, 5.74) is 6.98.